The molecule has 2 N–H and O–H groups in total. The molecule has 82 valence electrons. The van der Waals surface area contributed by atoms with Gasteiger partial charge in [-0.2, -0.15) is 0 Å². The van der Waals surface area contributed by atoms with Crippen LogP contribution in [-0.4, -0.2) is 19.1 Å². The molecule has 3 heteroatoms. The molecule has 1 aromatic carbocycles. The van der Waals surface area contributed by atoms with Crippen LogP contribution in [0.2, 0.25) is 5.02 Å². The van der Waals surface area contributed by atoms with Gasteiger partial charge in [-0.05, 0) is 37.6 Å². The molecular formula is C12H17ClN2. The Labute approximate surface area is 96.0 Å². The molecule has 0 aliphatic carbocycles. The summed E-state index contributed by atoms with van der Waals surface area (Å²) < 4.78 is 0. The predicted octanol–water partition coefficient (Wildman–Crippen LogP) is 2.61. The zero-order valence-electron chi connectivity index (χ0n) is 9.20. The van der Waals surface area contributed by atoms with Gasteiger partial charge in [-0.1, -0.05) is 11.6 Å². The van der Waals surface area contributed by atoms with E-state index in [1.165, 1.54) is 11.3 Å². The Balaban J connectivity index is 2.43. The fourth-order valence-corrected chi connectivity index (χ4v) is 2.47. The van der Waals surface area contributed by atoms with E-state index in [0.717, 1.165) is 18.1 Å². The van der Waals surface area contributed by atoms with Crippen molar-refractivity contribution in [3.8, 4) is 0 Å². The fraction of sp³-hybridized carbons (Fsp3) is 0.500. The lowest BCUT2D eigenvalue weighted by Crippen LogP contribution is -2.30. The van der Waals surface area contributed by atoms with Crippen molar-refractivity contribution in [3.63, 3.8) is 0 Å². The normalized spacial score (nSPS) is 21.6. The third-order valence-electron chi connectivity index (χ3n) is 3.16. The lowest BCUT2D eigenvalue weighted by atomic mass is 9.95. The van der Waals surface area contributed by atoms with Crippen molar-refractivity contribution in [2.24, 2.45) is 5.73 Å². The first kappa shape index (κ1) is 10.8. The second-order valence-corrected chi connectivity index (χ2v) is 4.64. The lowest BCUT2D eigenvalue weighted by Gasteiger charge is -2.18. The highest BCUT2D eigenvalue weighted by molar-refractivity contribution is 6.30. The molecule has 1 aliphatic heterocycles. The highest BCUT2D eigenvalue weighted by Gasteiger charge is 2.29. The smallest absolute Gasteiger partial charge is 0.0410 e. The Bertz CT molecular complexity index is 363. The fourth-order valence-electron chi connectivity index (χ4n) is 2.29. The van der Waals surface area contributed by atoms with E-state index in [1.54, 1.807) is 0 Å². The highest BCUT2D eigenvalue weighted by atomic mass is 35.5. The summed E-state index contributed by atoms with van der Waals surface area (Å²) >= 11 is 6.02. The largest absolute Gasteiger partial charge is 0.371 e. The van der Waals surface area contributed by atoms with Crippen LogP contribution in [0.3, 0.4) is 0 Å². The molecule has 2 rings (SSSR count). The summed E-state index contributed by atoms with van der Waals surface area (Å²) in [6, 6.07) is 6.29. The van der Waals surface area contributed by atoms with Gasteiger partial charge in [0.25, 0.3) is 0 Å². The molecule has 0 saturated heterocycles. The van der Waals surface area contributed by atoms with E-state index in [1.807, 2.05) is 6.07 Å². The monoisotopic (exact) mass is 224 g/mol. The molecule has 0 saturated carbocycles. The minimum absolute atomic E-state index is 0.179. The van der Waals surface area contributed by atoms with Crippen molar-refractivity contribution in [2.45, 2.75) is 25.8 Å². The number of rotatable bonds is 2. The number of hydrogen-bond donors (Lipinski definition) is 1. The summed E-state index contributed by atoms with van der Waals surface area (Å²) in [6.07, 6.45) is 0. The van der Waals surface area contributed by atoms with Crippen molar-refractivity contribution in [1.29, 1.82) is 0 Å². The van der Waals surface area contributed by atoms with Gasteiger partial charge in [-0.25, -0.2) is 0 Å². The van der Waals surface area contributed by atoms with E-state index in [9.17, 15) is 0 Å². The standard InChI is InChI=1S/C12H17ClN2/c1-3-15-7-11(8(2)14)10-6-9(13)4-5-12(10)15/h4-6,8,11H,3,7,14H2,1-2H3. The van der Waals surface area contributed by atoms with Crippen molar-refractivity contribution in [2.75, 3.05) is 18.0 Å². The van der Waals surface area contributed by atoms with Gasteiger partial charge in [0.15, 0.2) is 0 Å². The number of fused-ring (bicyclic) bond motifs is 1. The molecule has 1 aromatic rings. The van der Waals surface area contributed by atoms with Gasteiger partial charge in [-0.15, -0.1) is 0 Å². The Morgan fingerprint density at radius 3 is 2.93 bits per heavy atom. The van der Waals surface area contributed by atoms with Crippen LogP contribution in [0.1, 0.15) is 25.3 Å². The van der Waals surface area contributed by atoms with Gasteiger partial charge in [0.1, 0.15) is 0 Å². The molecule has 2 atom stereocenters. The summed E-state index contributed by atoms with van der Waals surface area (Å²) in [5.41, 5.74) is 8.61. The van der Waals surface area contributed by atoms with Crippen LogP contribution < -0.4 is 10.6 Å². The zero-order chi connectivity index (χ0) is 11.0. The molecule has 0 amide bonds. The highest BCUT2D eigenvalue weighted by Crippen LogP contribution is 2.38. The Kier molecular flexibility index (Phi) is 2.89. The van der Waals surface area contributed by atoms with Crippen LogP contribution in [0.5, 0.6) is 0 Å². The average Bonchev–Trinajstić information content (AvgIpc) is 2.55. The molecule has 0 aromatic heterocycles. The maximum Gasteiger partial charge on any atom is 0.0410 e. The number of nitrogens with two attached hydrogens (primary N) is 1. The number of halogens is 1. The number of anilines is 1. The molecular weight excluding hydrogens is 208 g/mol. The van der Waals surface area contributed by atoms with Crippen molar-refractivity contribution >= 4 is 17.3 Å². The summed E-state index contributed by atoms with van der Waals surface area (Å²) in [6.45, 7) is 6.28. The van der Waals surface area contributed by atoms with Gasteiger partial charge < -0.3 is 10.6 Å². The molecule has 1 heterocycles. The first-order valence-corrected chi connectivity index (χ1v) is 5.81. The zero-order valence-corrected chi connectivity index (χ0v) is 9.96. The number of hydrogen-bond acceptors (Lipinski definition) is 2. The summed E-state index contributed by atoms with van der Waals surface area (Å²) in [5, 5.41) is 0.803. The molecule has 2 nitrogen and oxygen atoms in total. The minimum Gasteiger partial charge on any atom is -0.371 e. The lowest BCUT2D eigenvalue weighted by molar-refractivity contribution is 0.586. The van der Waals surface area contributed by atoms with Gasteiger partial charge in [-0.3, -0.25) is 0 Å². The van der Waals surface area contributed by atoms with Crippen LogP contribution in [0.15, 0.2) is 18.2 Å². The molecule has 0 fully saturated rings. The van der Waals surface area contributed by atoms with Crippen LogP contribution >= 0.6 is 11.6 Å². The van der Waals surface area contributed by atoms with Gasteiger partial charge in [0.05, 0.1) is 0 Å². The summed E-state index contributed by atoms with van der Waals surface area (Å²) in [4.78, 5) is 2.36. The maximum atomic E-state index is 6.02. The summed E-state index contributed by atoms with van der Waals surface area (Å²) in [7, 11) is 0. The molecule has 1 aliphatic rings. The van der Waals surface area contributed by atoms with Crippen molar-refractivity contribution < 1.29 is 0 Å². The average molecular weight is 225 g/mol. The molecule has 0 spiro atoms. The SMILES string of the molecule is CCN1CC(C(C)N)c2cc(Cl)ccc21. The Morgan fingerprint density at radius 1 is 1.60 bits per heavy atom. The second kappa shape index (κ2) is 4.03. The third kappa shape index (κ3) is 1.84. The van der Waals surface area contributed by atoms with Crippen LogP contribution in [-0.2, 0) is 0 Å². The van der Waals surface area contributed by atoms with Crippen LogP contribution in [0, 0.1) is 0 Å². The predicted molar refractivity (Wildman–Crippen MR) is 65.7 cm³/mol. The second-order valence-electron chi connectivity index (χ2n) is 4.21. The van der Waals surface area contributed by atoms with E-state index in [2.05, 4.69) is 30.9 Å². The molecule has 15 heavy (non-hydrogen) atoms. The van der Waals surface area contributed by atoms with Gasteiger partial charge in [0.2, 0.25) is 0 Å². The van der Waals surface area contributed by atoms with E-state index < -0.39 is 0 Å². The van der Waals surface area contributed by atoms with Gasteiger partial charge >= 0.3 is 0 Å². The van der Waals surface area contributed by atoms with Crippen LogP contribution in [0.4, 0.5) is 5.69 Å². The molecule has 0 bridgehead atoms. The van der Waals surface area contributed by atoms with E-state index in [0.29, 0.717) is 5.92 Å². The quantitative estimate of drug-likeness (QED) is 0.837. The van der Waals surface area contributed by atoms with E-state index >= 15 is 0 Å². The minimum atomic E-state index is 0.179. The summed E-state index contributed by atoms with van der Waals surface area (Å²) in [5.74, 6) is 0.415. The van der Waals surface area contributed by atoms with Gasteiger partial charge in [0, 0.05) is 35.8 Å². The van der Waals surface area contributed by atoms with Crippen molar-refractivity contribution in [3.05, 3.63) is 28.8 Å². The first-order valence-electron chi connectivity index (χ1n) is 5.43. The molecule has 0 radical (unpaired) electrons. The van der Waals surface area contributed by atoms with E-state index in [-0.39, 0.29) is 6.04 Å². The Morgan fingerprint density at radius 2 is 2.33 bits per heavy atom. The number of nitrogens with zero attached hydrogens (tertiary/aromatic N) is 1. The number of likely N-dealkylation sites (N-methyl/N-ethyl adjacent to an activating group) is 1. The number of benzene rings is 1. The molecule has 2 unspecified atom stereocenters. The topological polar surface area (TPSA) is 29.3 Å². The third-order valence-corrected chi connectivity index (χ3v) is 3.40. The van der Waals surface area contributed by atoms with Crippen LogP contribution in [0.25, 0.3) is 0 Å². The Hall–Kier alpha value is -0.730. The first-order chi connectivity index (χ1) is 7.13. The van der Waals surface area contributed by atoms with E-state index in [4.69, 9.17) is 17.3 Å². The maximum absolute atomic E-state index is 6.02. The van der Waals surface area contributed by atoms with Crippen molar-refractivity contribution in [1.82, 2.24) is 0 Å².